The third-order valence-corrected chi connectivity index (χ3v) is 2.92. The van der Waals surface area contributed by atoms with Crippen LogP contribution < -0.4 is 5.32 Å². The maximum absolute atomic E-state index is 9.35. The number of rotatable bonds is 2. The van der Waals surface area contributed by atoms with E-state index in [4.69, 9.17) is 0 Å². The molecular formula is C13H19NO. The quantitative estimate of drug-likeness (QED) is 0.769. The highest BCUT2D eigenvalue weighted by Gasteiger charge is 2.08. The summed E-state index contributed by atoms with van der Waals surface area (Å²) in [6, 6.07) is 6.61. The second kappa shape index (κ2) is 4.77. The Morgan fingerprint density at radius 1 is 1.40 bits per heavy atom. The Bertz CT molecular complexity index is 333. The maximum atomic E-state index is 9.35. The normalized spacial score (nSPS) is 18.0. The summed E-state index contributed by atoms with van der Waals surface area (Å²) in [7, 11) is 0. The Kier molecular flexibility index (Phi) is 3.39. The van der Waals surface area contributed by atoms with Crippen LogP contribution in [0.3, 0.4) is 0 Å². The smallest absolute Gasteiger partial charge is 0.0552 e. The van der Waals surface area contributed by atoms with Crippen LogP contribution in [-0.2, 0) is 19.4 Å². The van der Waals surface area contributed by atoms with Gasteiger partial charge in [-0.1, -0.05) is 18.2 Å². The van der Waals surface area contributed by atoms with E-state index in [2.05, 4.69) is 23.5 Å². The topological polar surface area (TPSA) is 32.3 Å². The fraction of sp³-hybridized carbons (Fsp3) is 0.538. The van der Waals surface area contributed by atoms with Crippen LogP contribution in [0.5, 0.6) is 0 Å². The summed E-state index contributed by atoms with van der Waals surface area (Å²) in [5, 5.41) is 12.8. The number of hydrogen-bond acceptors (Lipinski definition) is 2. The Morgan fingerprint density at radius 2 is 2.27 bits per heavy atom. The fourth-order valence-electron chi connectivity index (χ4n) is 2.18. The van der Waals surface area contributed by atoms with Crippen molar-refractivity contribution in [1.29, 1.82) is 0 Å². The van der Waals surface area contributed by atoms with Crippen LogP contribution in [0.1, 0.15) is 30.0 Å². The average molecular weight is 205 g/mol. The molecule has 0 aromatic heterocycles. The highest BCUT2D eigenvalue weighted by atomic mass is 16.3. The number of nitrogens with one attached hydrogen (secondary N) is 1. The van der Waals surface area contributed by atoms with Gasteiger partial charge in [-0.3, -0.25) is 0 Å². The summed E-state index contributed by atoms with van der Waals surface area (Å²) in [4.78, 5) is 0. The molecule has 0 bridgehead atoms. The molecule has 1 atom stereocenters. The van der Waals surface area contributed by atoms with Crippen molar-refractivity contribution in [2.24, 2.45) is 0 Å². The van der Waals surface area contributed by atoms with Gasteiger partial charge in [0.15, 0.2) is 0 Å². The molecule has 82 valence electrons. The van der Waals surface area contributed by atoms with Crippen molar-refractivity contribution in [2.75, 3.05) is 6.54 Å². The van der Waals surface area contributed by atoms with Gasteiger partial charge in [-0.25, -0.2) is 0 Å². The van der Waals surface area contributed by atoms with Crippen molar-refractivity contribution in [1.82, 2.24) is 5.32 Å². The molecule has 1 aromatic carbocycles. The predicted molar refractivity (Wildman–Crippen MR) is 61.9 cm³/mol. The number of aryl methyl sites for hydroxylation is 1. The first-order valence-corrected chi connectivity index (χ1v) is 5.75. The lowest BCUT2D eigenvalue weighted by Gasteiger charge is -2.10. The lowest BCUT2D eigenvalue weighted by Crippen LogP contribution is -2.12. The number of hydrogen-bond donors (Lipinski definition) is 2. The summed E-state index contributed by atoms with van der Waals surface area (Å²) in [5.41, 5.74) is 4.12. The van der Waals surface area contributed by atoms with Crippen LogP contribution in [-0.4, -0.2) is 17.8 Å². The lowest BCUT2D eigenvalue weighted by atomic mass is 9.99. The summed E-state index contributed by atoms with van der Waals surface area (Å²) in [5.74, 6) is 0. The Morgan fingerprint density at radius 3 is 3.07 bits per heavy atom. The molecule has 2 N–H and O–H groups in total. The maximum Gasteiger partial charge on any atom is 0.0552 e. The average Bonchev–Trinajstić information content (AvgIpc) is 2.41. The van der Waals surface area contributed by atoms with Crippen molar-refractivity contribution < 1.29 is 5.11 Å². The molecular weight excluding hydrogens is 186 g/mol. The number of fused-ring (bicyclic) bond motifs is 1. The Hall–Kier alpha value is -0.860. The third-order valence-electron chi connectivity index (χ3n) is 2.92. The van der Waals surface area contributed by atoms with Crippen LogP contribution in [0, 0.1) is 0 Å². The summed E-state index contributed by atoms with van der Waals surface area (Å²) < 4.78 is 0. The van der Waals surface area contributed by atoms with E-state index in [0.29, 0.717) is 0 Å². The number of aliphatic hydroxyl groups excluding tert-OH is 1. The zero-order chi connectivity index (χ0) is 10.7. The highest BCUT2D eigenvalue weighted by molar-refractivity contribution is 5.33. The second-order valence-corrected chi connectivity index (χ2v) is 4.44. The molecule has 0 saturated carbocycles. The predicted octanol–water partition coefficient (Wildman–Crippen LogP) is 1.65. The molecule has 0 fully saturated rings. The van der Waals surface area contributed by atoms with Crippen LogP contribution >= 0.6 is 0 Å². The monoisotopic (exact) mass is 205 g/mol. The SMILES string of the molecule is CC(O)Cc1ccc2c(c1)CNCCC2. The first kappa shape index (κ1) is 10.7. The van der Waals surface area contributed by atoms with Crippen LogP contribution in [0.15, 0.2) is 18.2 Å². The molecule has 0 aliphatic carbocycles. The minimum atomic E-state index is -0.248. The van der Waals surface area contributed by atoms with Gasteiger partial charge in [0.25, 0.3) is 0 Å². The summed E-state index contributed by atoms with van der Waals surface area (Å²) in [6.45, 7) is 3.92. The zero-order valence-electron chi connectivity index (χ0n) is 9.29. The van der Waals surface area contributed by atoms with Crippen molar-refractivity contribution in [2.45, 2.75) is 38.8 Å². The van der Waals surface area contributed by atoms with Gasteiger partial charge in [-0.15, -0.1) is 0 Å². The van der Waals surface area contributed by atoms with Crippen molar-refractivity contribution in [3.63, 3.8) is 0 Å². The molecule has 1 aliphatic rings. The Labute approximate surface area is 91.3 Å². The second-order valence-electron chi connectivity index (χ2n) is 4.44. The minimum Gasteiger partial charge on any atom is -0.393 e. The van der Waals surface area contributed by atoms with Gasteiger partial charge >= 0.3 is 0 Å². The number of aliphatic hydroxyl groups is 1. The van der Waals surface area contributed by atoms with E-state index < -0.39 is 0 Å². The third kappa shape index (κ3) is 2.80. The van der Waals surface area contributed by atoms with E-state index in [0.717, 1.165) is 19.5 Å². The van der Waals surface area contributed by atoms with E-state index in [-0.39, 0.29) is 6.10 Å². The van der Waals surface area contributed by atoms with Crippen molar-refractivity contribution >= 4 is 0 Å². The Balaban J connectivity index is 2.20. The van der Waals surface area contributed by atoms with E-state index in [1.165, 1.54) is 29.5 Å². The molecule has 1 aromatic rings. The van der Waals surface area contributed by atoms with Crippen LogP contribution in [0.25, 0.3) is 0 Å². The van der Waals surface area contributed by atoms with Crippen molar-refractivity contribution in [3.05, 3.63) is 34.9 Å². The van der Waals surface area contributed by atoms with Crippen molar-refractivity contribution in [3.8, 4) is 0 Å². The summed E-state index contributed by atoms with van der Waals surface area (Å²) in [6.07, 6.45) is 2.91. The first-order chi connectivity index (χ1) is 7.25. The van der Waals surface area contributed by atoms with Gasteiger partial charge in [0, 0.05) is 6.54 Å². The lowest BCUT2D eigenvalue weighted by molar-refractivity contribution is 0.195. The molecule has 2 nitrogen and oxygen atoms in total. The van der Waals surface area contributed by atoms with E-state index >= 15 is 0 Å². The molecule has 1 unspecified atom stereocenters. The van der Waals surface area contributed by atoms with Gasteiger partial charge in [0.1, 0.15) is 0 Å². The first-order valence-electron chi connectivity index (χ1n) is 5.75. The van der Waals surface area contributed by atoms with Gasteiger partial charge < -0.3 is 10.4 Å². The number of benzene rings is 1. The molecule has 2 heteroatoms. The van der Waals surface area contributed by atoms with E-state index in [1.54, 1.807) is 0 Å². The minimum absolute atomic E-state index is 0.248. The largest absolute Gasteiger partial charge is 0.393 e. The molecule has 1 heterocycles. The van der Waals surface area contributed by atoms with E-state index in [9.17, 15) is 5.11 Å². The molecule has 0 radical (unpaired) electrons. The molecule has 1 aliphatic heterocycles. The molecule has 15 heavy (non-hydrogen) atoms. The zero-order valence-corrected chi connectivity index (χ0v) is 9.29. The summed E-state index contributed by atoms with van der Waals surface area (Å²) >= 11 is 0. The molecule has 0 amide bonds. The van der Waals surface area contributed by atoms with Gasteiger partial charge in [0.05, 0.1) is 6.10 Å². The fourth-order valence-corrected chi connectivity index (χ4v) is 2.18. The van der Waals surface area contributed by atoms with Gasteiger partial charge in [-0.05, 0) is 49.4 Å². The molecule has 0 spiro atoms. The molecule has 0 saturated heterocycles. The van der Waals surface area contributed by atoms with Gasteiger partial charge in [0.2, 0.25) is 0 Å². The van der Waals surface area contributed by atoms with E-state index in [1.807, 2.05) is 6.92 Å². The molecule has 2 rings (SSSR count). The van der Waals surface area contributed by atoms with Crippen LogP contribution in [0.4, 0.5) is 0 Å². The highest BCUT2D eigenvalue weighted by Crippen LogP contribution is 2.17. The van der Waals surface area contributed by atoms with Gasteiger partial charge in [-0.2, -0.15) is 0 Å². The van der Waals surface area contributed by atoms with Crippen LogP contribution in [0.2, 0.25) is 0 Å². The standard InChI is InChI=1S/C13H19NO/c1-10(15)7-11-4-5-12-3-2-6-14-9-13(12)8-11/h4-5,8,10,14-15H,2-3,6-7,9H2,1H3.